The molecule has 14 unspecified atom stereocenters. The molecule has 1 aromatic carbocycles. The third-order valence-corrected chi connectivity index (χ3v) is 8.04. The van der Waals surface area contributed by atoms with Crippen LogP contribution in [0, 0.1) is 0 Å². The summed E-state index contributed by atoms with van der Waals surface area (Å²) in [5, 5.41) is 91.9. The topological polar surface area (TPSA) is 282 Å². The minimum absolute atomic E-state index is 0.303. The first-order valence-electron chi connectivity index (χ1n) is 14.8. The van der Waals surface area contributed by atoms with Crippen LogP contribution >= 0.6 is 0 Å². The molecule has 272 valence electrons. The van der Waals surface area contributed by atoms with Crippen LogP contribution < -0.4 is 14.2 Å². The minimum Gasteiger partial charge on any atom is -0.493 e. The van der Waals surface area contributed by atoms with Gasteiger partial charge in [-0.25, -0.2) is 4.79 Å². The maximum Gasteiger partial charge on any atom is 0.333 e. The molecular formula is C29H42O19. The van der Waals surface area contributed by atoms with Gasteiger partial charge in [-0.15, -0.1) is 0 Å². The fourth-order valence-electron chi connectivity index (χ4n) is 5.34. The molecule has 0 radical (unpaired) electrons. The summed E-state index contributed by atoms with van der Waals surface area (Å²) in [5.74, 6) is -0.118. The fourth-order valence-corrected chi connectivity index (χ4v) is 5.34. The summed E-state index contributed by atoms with van der Waals surface area (Å²) in [7, 11) is 4.24. The van der Waals surface area contributed by atoms with Crippen LogP contribution in [0.15, 0.2) is 18.2 Å². The summed E-state index contributed by atoms with van der Waals surface area (Å²) < 4.78 is 48.5. The predicted molar refractivity (Wildman–Crippen MR) is 154 cm³/mol. The number of methoxy groups -OCH3 is 3. The molecule has 9 N–H and O–H groups in total. The van der Waals surface area contributed by atoms with E-state index in [1.807, 2.05) is 0 Å². The molecule has 0 aliphatic carbocycles. The van der Waals surface area contributed by atoms with Crippen molar-refractivity contribution in [3.05, 3.63) is 23.8 Å². The zero-order valence-electron chi connectivity index (χ0n) is 26.1. The van der Waals surface area contributed by atoms with Crippen molar-refractivity contribution in [2.24, 2.45) is 0 Å². The van der Waals surface area contributed by atoms with E-state index in [-0.39, 0.29) is 0 Å². The van der Waals surface area contributed by atoms with Crippen LogP contribution in [0.2, 0.25) is 0 Å². The van der Waals surface area contributed by atoms with E-state index in [2.05, 4.69) is 0 Å². The number of esters is 1. The maximum atomic E-state index is 12.9. The minimum atomic E-state index is -1.93. The first kappa shape index (κ1) is 38.1. The Hall–Kier alpha value is -2.73. The maximum absolute atomic E-state index is 12.9. The van der Waals surface area contributed by atoms with Gasteiger partial charge in [0.05, 0.1) is 41.2 Å². The van der Waals surface area contributed by atoms with Crippen molar-refractivity contribution in [1.29, 1.82) is 0 Å². The molecule has 19 heteroatoms. The van der Waals surface area contributed by atoms with Crippen molar-refractivity contribution in [3.8, 4) is 17.2 Å². The number of rotatable bonds is 13. The van der Waals surface area contributed by atoms with Gasteiger partial charge >= 0.3 is 5.97 Å². The summed E-state index contributed by atoms with van der Waals surface area (Å²) in [5.41, 5.74) is 0.429. The number of aliphatic hydroxyl groups is 9. The van der Waals surface area contributed by atoms with Crippen molar-refractivity contribution >= 4 is 12.0 Å². The molecule has 3 aliphatic rings. The van der Waals surface area contributed by atoms with Gasteiger partial charge in [-0.2, -0.15) is 0 Å². The first-order valence-corrected chi connectivity index (χ1v) is 14.8. The van der Waals surface area contributed by atoms with Crippen LogP contribution in [0.3, 0.4) is 0 Å². The van der Waals surface area contributed by atoms with Gasteiger partial charge < -0.3 is 88.6 Å². The second kappa shape index (κ2) is 16.8. The summed E-state index contributed by atoms with van der Waals surface area (Å²) in [6.45, 7) is -2.09. The van der Waals surface area contributed by atoms with E-state index in [1.54, 1.807) is 12.1 Å². The molecule has 3 fully saturated rings. The van der Waals surface area contributed by atoms with Gasteiger partial charge in [-0.05, 0) is 23.8 Å². The molecule has 1 aromatic rings. The van der Waals surface area contributed by atoms with Gasteiger partial charge in [0.25, 0.3) is 0 Å². The van der Waals surface area contributed by atoms with Crippen molar-refractivity contribution < 1.29 is 93.4 Å². The zero-order valence-corrected chi connectivity index (χ0v) is 26.1. The Bertz CT molecular complexity index is 1200. The summed E-state index contributed by atoms with van der Waals surface area (Å²) in [4.78, 5) is 12.9. The van der Waals surface area contributed by atoms with Crippen LogP contribution in [-0.4, -0.2) is 179 Å². The van der Waals surface area contributed by atoms with E-state index >= 15 is 0 Å². The quantitative estimate of drug-likeness (QED) is 0.0693. The third-order valence-electron chi connectivity index (χ3n) is 8.04. The highest BCUT2D eigenvalue weighted by Crippen LogP contribution is 2.38. The van der Waals surface area contributed by atoms with Gasteiger partial charge in [0.1, 0.15) is 67.1 Å². The molecule has 3 aliphatic heterocycles. The molecular weight excluding hydrogens is 652 g/mol. The molecule has 14 atom stereocenters. The van der Waals surface area contributed by atoms with Crippen LogP contribution in [0.4, 0.5) is 0 Å². The van der Waals surface area contributed by atoms with E-state index < -0.39 is 112 Å². The first-order chi connectivity index (χ1) is 22.9. The lowest BCUT2D eigenvalue weighted by atomic mass is 9.98. The van der Waals surface area contributed by atoms with Crippen molar-refractivity contribution in [2.75, 3.05) is 41.2 Å². The predicted octanol–water partition coefficient (Wildman–Crippen LogP) is -4.64. The smallest absolute Gasteiger partial charge is 0.333 e. The Kier molecular flexibility index (Phi) is 13.3. The van der Waals surface area contributed by atoms with Gasteiger partial charge in [-0.3, -0.25) is 0 Å². The fraction of sp³-hybridized carbons (Fsp3) is 0.690. The molecule has 48 heavy (non-hydrogen) atoms. The number of aliphatic hydroxyl groups excluding tert-OH is 9. The Labute approximate surface area is 273 Å². The normalized spacial score (nSPS) is 38.6. The molecule has 3 saturated heterocycles. The number of ether oxygens (including phenoxy) is 9. The van der Waals surface area contributed by atoms with Gasteiger partial charge in [0, 0.05) is 6.08 Å². The molecule has 3 heterocycles. The molecule has 0 amide bonds. The highest BCUT2D eigenvalue weighted by Gasteiger charge is 2.52. The van der Waals surface area contributed by atoms with Gasteiger partial charge in [0.15, 0.2) is 24.1 Å². The molecule has 0 spiro atoms. The lowest BCUT2D eigenvalue weighted by molar-refractivity contribution is -0.340. The number of hydrogen-bond acceptors (Lipinski definition) is 19. The lowest BCUT2D eigenvalue weighted by Crippen LogP contribution is -2.63. The lowest BCUT2D eigenvalue weighted by Gasteiger charge is -2.44. The number of carbonyl (C=O) groups excluding carboxylic acids is 1. The Morgan fingerprint density at radius 3 is 1.79 bits per heavy atom. The molecule has 0 aromatic heterocycles. The summed E-state index contributed by atoms with van der Waals surface area (Å²) in [6.07, 6.45) is -20.9. The summed E-state index contributed by atoms with van der Waals surface area (Å²) in [6, 6.07) is 3.09. The average Bonchev–Trinajstić information content (AvgIpc) is 3.36. The molecule has 19 nitrogen and oxygen atoms in total. The van der Waals surface area contributed by atoms with Crippen LogP contribution in [-0.2, 0) is 33.2 Å². The van der Waals surface area contributed by atoms with E-state index in [0.29, 0.717) is 22.8 Å². The van der Waals surface area contributed by atoms with Crippen molar-refractivity contribution in [3.63, 3.8) is 0 Å². The van der Waals surface area contributed by atoms with E-state index in [4.69, 9.17) is 42.6 Å². The Balaban J connectivity index is 1.52. The number of benzene rings is 1. The average molecular weight is 695 g/mol. The monoisotopic (exact) mass is 694 g/mol. The zero-order chi connectivity index (χ0) is 35.3. The Morgan fingerprint density at radius 1 is 0.688 bits per heavy atom. The van der Waals surface area contributed by atoms with E-state index in [9.17, 15) is 50.8 Å². The third kappa shape index (κ3) is 8.17. The second-order valence-electron chi connectivity index (χ2n) is 11.1. The molecule has 0 saturated carbocycles. The van der Waals surface area contributed by atoms with Crippen LogP contribution in [0.1, 0.15) is 5.56 Å². The number of carbonyl (C=O) groups is 1. The highest BCUT2D eigenvalue weighted by molar-refractivity contribution is 5.87. The van der Waals surface area contributed by atoms with E-state index in [0.717, 1.165) is 6.08 Å². The highest BCUT2D eigenvalue weighted by atomic mass is 16.8. The van der Waals surface area contributed by atoms with Crippen LogP contribution in [0.5, 0.6) is 17.2 Å². The van der Waals surface area contributed by atoms with Gasteiger partial charge in [0.2, 0.25) is 12.0 Å². The SMILES string of the molecule is COc1cc(/C=C/C(=O)OC2OC(COC3OC(CO)C(O)C(O)C3O)C(O)C(OC3OC(CO)C(O)C3O)C2O)cc(OC)c1OC. The van der Waals surface area contributed by atoms with E-state index in [1.165, 1.54) is 27.4 Å². The molecule has 4 rings (SSSR count). The largest absolute Gasteiger partial charge is 0.493 e. The number of hydrogen-bond donors (Lipinski definition) is 9. The van der Waals surface area contributed by atoms with Crippen molar-refractivity contribution in [1.82, 2.24) is 0 Å². The second-order valence-corrected chi connectivity index (χ2v) is 11.1. The molecule has 0 bridgehead atoms. The van der Waals surface area contributed by atoms with Crippen molar-refractivity contribution in [2.45, 2.75) is 86.0 Å². The van der Waals surface area contributed by atoms with Crippen LogP contribution in [0.25, 0.3) is 6.08 Å². The standard InChI is InChI=1S/C29H42O19/c1-40-12-6-11(7-13(41-2)25(12)42-3)4-5-17(32)47-29-24(39)26(48-28-22(37)19(34)15(9-31)45-28)20(35)16(46-29)10-43-27-23(38)21(36)18(33)14(8-30)44-27/h4-7,14-16,18-24,26-31,33-39H,8-10H2,1-3H3/b5-4+. The van der Waals surface area contributed by atoms with Gasteiger partial charge in [-0.1, -0.05) is 0 Å². The Morgan fingerprint density at radius 2 is 1.23 bits per heavy atom. The summed E-state index contributed by atoms with van der Waals surface area (Å²) >= 11 is 0.